The van der Waals surface area contributed by atoms with E-state index < -0.39 is 17.3 Å². The van der Waals surface area contributed by atoms with Crippen LogP contribution in [0, 0.1) is 0 Å². The summed E-state index contributed by atoms with van der Waals surface area (Å²) in [5, 5.41) is 0. The predicted molar refractivity (Wildman–Crippen MR) is 68.6 cm³/mol. The van der Waals surface area contributed by atoms with Gasteiger partial charge in [0, 0.05) is 12.2 Å². The number of hydrogen-bond acceptors (Lipinski definition) is 2. The molecule has 0 aromatic heterocycles. The Morgan fingerprint density at radius 2 is 1.95 bits per heavy atom. The van der Waals surface area contributed by atoms with E-state index in [1.165, 1.54) is 12.1 Å². The van der Waals surface area contributed by atoms with Gasteiger partial charge in [0.1, 0.15) is 5.60 Å². The van der Waals surface area contributed by atoms with Crippen molar-refractivity contribution in [2.24, 2.45) is 0 Å². The second kappa shape index (κ2) is 5.56. The van der Waals surface area contributed by atoms with Crippen molar-refractivity contribution in [3.63, 3.8) is 0 Å². The number of ether oxygens (including phenoxy) is 1. The molecule has 0 N–H and O–H groups in total. The SMILES string of the molecule is CCOC1(C(=O)c2cccc(C(F)(F)F)c2)CCCC1. The van der Waals surface area contributed by atoms with Gasteiger partial charge in [-0.1, -0.05) is 12.1 Å². The Hall–Kier alpha value is -1.36. The topological polar surface area (TPSA) is 26.3 Å². The Balaban J connectivity index is 2.33. The maximum atomic E-state index is 12.7. The predicted octanol–water partition coefficient (Wildman–Crippen LogP) is 4.24. The number of rotatable bonds is 4. The van der Waals surface area contributed by atoms with Gasteiger partial charge in [-0.3, -0.25) is 4.79 Å². The molecule has 5 heteroatoms. The van der Waals surface area contributed by atoms with Gasteiger partial charge < -0.3 is 4.74 Å². The van der Waals surface area contributed by atoms with Gasteiger partial charge in [-0.15, -0.1) is 0 Å². The normalized spacial score (nSPS) is 18.2. The highest BCUT2D eigenvalue weighted by Crippen LogP contribution is 2.37. The highest BCUT2D eigenvalue weighted by atomic mass is 19.4. The van der Waals surface area contributed by atoms with Crippen LogP contribution in [0.2, 0.25) is 0 Å². The molecule has 0 unspecified atom stereocenters. The molecule has 1 aromatic carbocycles. The van der Waals surface area contributed by atoms with Gasteiger partial charge in [0.2, 0.25) is 0 Å². The standard InChI is InChI=1S/C15H17F3O2/c1-2-20-14(8-3-4-9-14)13(19)11-6-5-7-12(10-11)15(16,17)18/h5-7,10H,2-4,8-9H2,1H3. The maximum absolute atomic E-state index is 12.7. The van der Waals surface area contributed by atoms with Gasteiger partial charge in [0.15, 0.2) is 5.78 Å². The van der Waals surface area contributed by atoms with Crippen molar-refractivity contribution in [2.75, 3.05) is 6.61 Å². The summed E-state index contributed by atoms with van der Waals surface area (Å²) in [6, 6.07) is 4.58. The average Bonchev–Trinajstić information content (AvgIpc) is 2.87. The second-order valence-corrected chi connectivity index (χ2v) is 5.04. The highest BCUT2D eigenvalue weighted by Gasteiger charge is 2.42. The van der Waals surface area contributed by atoms with Gasteiger partial charge in [0.05, 0.1) is 5.56 Å². The quantitative estimate of drug-likeness (QED) is 0.774. The first-order valence-electron chi connectivity index (χ1n) is 6.75. The van der Waals surface area contributed by atoms with Crippen LogP contribution in [0.3, 0.4) is 0 Å². The van der Waals surface area contributed by atoms with Crippen LogP contribution < -0.4 is 0 Å². The Morgan fingerprint density at radius 3 is 2.50 bits per heavy atom. The summed E-state index contributed by atoms with van der Waals surface area (Å²) in [6.45, 7) is 2.17. The molecule has 0 atom stereocenters. The van der Waals surface area contributed by atoms with Crippen molar-refractivity contribution < 1.29 is 22.7 Å². The summed E-state index contributed by atoms with van der Waals surface area (Å²) >= 11 is 0. The van der Waals surface area contributed by atoms with E-state index in [9.17, 15) is 18.0 Å². The molecule has 2 rings (SSSR count). The molecular weight excluding hydrogens is 269 g/mol. The number of Topliss-reactive ketones (excluding diaryl/α,β-unsaturated/α-hetero) is 1. The number of alkyl halides is 3. The van der Waals surface area contributed by atoms with Crippen LogP contribution in [-0.2, 0) is 10.9 Å². The van der Waals surface area contributed by atoms with Gasteiger partial charge in [0.25, 0.3) is 0 Å². The van der Waals surface area contributed by atoms with E-state index in [1.807, 2.05) is 0 Å². The van der Waals surface area contributed by atoms with Crippen molar-refractivity contribution in [3.05, 3.63) is 35.4 Å². The van der Waals surface area contributed by atoms with Crippen molar-refractivity contribution in [3.8, 4) is 0 Å². The first kappa shape index (κ1) is 15.0. The number of carbonyl (C=O) groups is 1. The number of ketones is 1. The number of benzene rings is 1. The van der Waals surface area contributed by atoms with Crippen LogP contribution in [0.1, 0.15) is 48.5 Å². The lowest BCUT2D eigenvalue weighted by Crippen LogP contribution is -2.39. The Morgan fingerprint density at radius 1 is 1.30 bits per heavy atom. The minimum absolute atomic E-state index is 0.0789. The van der Waals surface area contributed by atoms with Crippen LogP contribution in [0.15, 0.2) is 24.3 Å². The zero-order chi connectivity index (χ0) is 14.8. The smallest absolute Gasteiger partial charge is 0.367 e. The summed E-state index contributed by atoms with van der Waals surface area (Å²) in [6.07, 6.45) is -1.55. The zero-order valence-electron chi connectivity index (χ0n) is 11.3. The third-order valence-corrected chi connectivity index (χ3v) is 3.70. The first-order valence-corrected chi connectivity index (χ1v) is 6.75. The van der Waals surface area contributed by atoms with Crippen LogP contribution in [0.5, 0.6) is 0 Å². The maximum Gasteiger partial charge on any atom is 0.416 e. The molecule has 1 aliphatic carbocycles. The van der Waals surface area contributed by atoms with Crippen LogP contribution >= 0.6 is 0 Å². The summed E-state index contributed by atoms with van der Waals surface area (Å²) in [5.74, 6) is -0.331. The van der Waals surface area contributed by atoms with Crippen molar-refractivity contribution in [1.82, 2.24) is 0 Å². The number of halogens is 3. The molecule has 0 saturated heterocycles. The van der Waals surface area contributed by atoms with Gasteiger partial charge in [-0.2, -0.15) is 13.2 Å². The molecular formula is C15H17F3O2. The Labute approximate surface area is 115 Å². The second-order valence-electron chi connectivity index (χ2n) is 5.04. The van der Waals surface area contributed by atoms with E-state index in [1.54, 1.807) is 6.92 Å². The summed E-state index contributed by atoms with van der Waals surface area (Å²) in [5.41, 5.74) is -1.65. The van der Waals surface area contributed by atoms with E-state index in [0.29, 0.717) is 19.4 Å². The van der Waals surface area contributed by atoms with Gasteiger partial charge >= 0.3 is 6.18 Å². The molecule has 20 heavy (non-hydrogen) atoms. The first-order chi connectivity index (χ1) is 9.39. The van der Waals surface area contributed by atoms with Crippen molar-refractivity contribution in [2.45, 2.75) is 44.4 Å². The van der Waals surface area contributed by atoms with Crippen LogP contribution in [0.4, 0.5) is 13.2 Å². The lowest BCUT2D eigenvalue weighted by atomic mass is 9.90. The summed E-state index contributed by atoms with van der Waals surface area (Å²) < 4.78 is 43.7. The minimum Gasteiger partial charge on any atom is -0.367 e. The van der Waals surface area contributed by atoms with E-state index in [-0.39, 0.29) is 11.3 Å². The fourth-order valence-electron chi connectivity index (χ4n) is 2.76. The molecule has 1 fully saturated rings. The largest absolute Gasteiger partial charge is 0.416 e. The molecule has 1 aromatic rings. The van der Waals surface area contributed by atoms with E-state index in [0.717, 1.165) is 25.0 Å². The molecule has 0 bridgehead atoms. The molecule has 1 aliphatic rings. The Kier molecular flexibility index (Phi) is 4.18. The fraction of sp³-hybridized carbons (Fsp3) is 0.533. The monoisotopic (exact) mass is 286 g/mol. The molecule has 2 nitrogen and oxygen atoms in total. The third kappa shape index (κ3) is 2.87. The van der Waals surface area contributed by atoms with E-state index in [4.69, 9.17) is 4.74 Å². The molecule has 0 heterocycles. The van der Waals surface area contributed by atoms with Crippen LogP contribution in [0.25, 0.3) is 0 Å². The molecule has 0 radical (unpaired) electrons. The molecule has 0 aliphatic heterocycles. The van der Waals surface area contributed by atoms with Crippen molar-refractivity contribution >= 4 is 5.78 Å². The third-order valence-electron chi connectivity index (χ3n) is 3.70. The Bertz CT molecular complexity index is 488. The average molecular weight is 286 g/mol. The molecule has 110 valence electrons. The molecule has 0 amide bonds. The van der Waals surface area contributed by atoms with Gasteiger partial charge in [-0.05, 0) is 44.7 Å². The number of hydrogen-bond donors (Lipinski definition) is 0. The lowest BCUT2D eigenvalue weighted by Gasteiger charge is -2.27. The molecule has 0 spiro atoms. The summed E-state index contributed by atoms with van der Waals surface area (Å²) in [4.78, 5) is 12.5. The van der Waals surface area contributed by atoms with Crippen LogP contribution in [-0.4, -0.2) is 18.0 Å². The highest BCUT2D eigenvalue weighted by molar-refractivity contribution is 6.02. The van der Waals surface area contributed by atoms with Crippen molar-refractivity contribution in [1.29, 1.82) is 0 Å². The lowest BCUT2D eigenvalue weighted by molar-refractivity contribution is -0.137. The van der Waals surface area contributed by atoms with E-state index >= 15 is 0 Å². The zero-order valence-corrected chi connectivity index (χ0v) is 11.3. The summed E-state index contributed by atoms with van der Waals surface area (Å²) in [7, 11) is 0. The number of carbonyl (C=O) groups excluding carboxylic acids is 1. The fourth-order valence-corrected chi connectivity index (χ4v) is 2.76. The van der Waals surface area contributed by atoms with E-state index in [2.05, 4.69) is 0 Å². The minimum atomic E-state index is -4.44. The van der Waals surface area contributed by atoms with Gasteiger partial charge in [-0.25, -0.2) is 0 Å². The molecule has 1 saturated carbocycles.